The Kier molecular flexibility index (Phi) is 5.87. The van der Waals surface area contributed by atoms with Crippen molar-refractivity contribution in [2.45, 2.75) is 0 Å². The number of hydrogen-bond donors (Lipinski definition) is 1. The fourth-order valence-electron chi connectivity index (χ4n) is 2.52. The molecule has 1 aliphatic heterocycles. The second-order valence-electron chi connectivity index (χ2n) is 5.59. The Balaban J connectivity index is 1.97. The summed E-state index contributed by atoms with van der Waals surface area (Å²) in [7, 11) is 0. The molecule has 0 saturated carbocycles. The first-order valence-corrected chi connectivity index (χ1v) is 9.14. The number of ether oxygens (including phenoxy) is 1. The largest absolute Gasteiger partial charge is 0.480 e. The molecule has 0 unspecified atom stereocenters. The van der Waals surface area contributed by atoms with E-state index in [1.807, 2.05) is 0 Å². The molecule has 3 rings (SSSR count). The summed E-state index contributed by atoms with van der Waals surface area (Å²) in [5.74, 6) is 0.872. The topological polar surface area (TPSA) is 58.6 Å². The van der Waals surface area contributed by atoms with E-state index < -0.39 is 17.6 Å². The smallest absolute Gasteiger partial charge is 0.270 e. The van der Waals surface area contributed by atoms with E-state index in [1.165, 1.54) is 24.3 Å². The molecule has 1 aliphatic rings. The van der Waals surface area contributed by atoms with Gasteiger partial charge in [-0.25, -0.2) is 9.29 Å². The van der Waals surface area contributed by atoms with Crippen LogP contribution in [-0.4, -0.2) is 23.5 Å². The Hall–Kier alpha value is -3.02. The molecule has 0 aliphatic carbocycles. The molecule has 1 fully saturated rings. The van der Waals surface area contributed by atoms with Gasteiger partial charge in [-0.3, -0.25) is 14.9 Å². The summed E-state index contributed by atoms with van der Waals surface area (Å²) in [5.41, 5.74) is 0.336. The molecule has 140 valence electrons. The number of carbonyl (C=O) groups excluding carboxylic acids is 2. The maximum atomic E-state index is 14.2. The molecule has 0 spiro atoms. The Morgan fingerprint density at radius 2 is 2.04 bits per heavy atom. The molecule has 1 heterocycles. The van der Waals surface area contributed by atoms with Crippen LogP contribution < -0.4 is 15.0 Å². The maximum absolute atomic E-state index is 14.2. The number of hydrogen-bond acceptors (Lipinski definition) is 4. The number of halogens is 2. The molecule has 28 heavy (non-hydrogen) atoms. The first-order valence-electron chi connectivity index (χ1n) is 7.94. The van der Waals surface area contributed by atoms with Gasteiger partial charge in [-0.15, -0.1) is 6.42 Å². The highest BCUT2D eigenvalue weighted by Crippen LogP contribution is 2.28. The van der Waals surface area contributed by atoms with Crippen molar-refractivity contribution >= 4 is 56.8 Å². The van der Waals surface area contributed by atoms with E-state index >= 15 is 0 Å². The van der Waals surface area contributed by atoms with E-state index in [9.17, 15) is 14.0 Å². The van der Waals surface area contributed by atoms with Crippen LogP contribution in [0.3, 0.4) is 0 Å². The van der Waals surface area contributed by atoms with Gasteiger partial charge in [0.15, 0.2) is 5.11 Å². The maximum Gasteiger partial charge on any atom is 0.270 e. The summed E-state index contributed by atoms with van der Waals surface area (Å²) >= 11 is 8.41. The minimum atomic E-state index is -0.720. The van der Waals surface area contributed by atoms with Gasteiger partial charge in [-0.2, -0.15) is 0 Å². The monoisotopic (exact) mass is 458 g/mol. The lowest BCUT2D eigenvalue weighted by Crippen LogP contribution is -2.54. The van der Waals surface area contributed by atoms with Crippen LogP contribution in [0.25, 0.3) is 6.08 Å². The van der Waals surface area contributed by atoms with Crippen molar-refractivity contribution in [3.63, 3.8) is 0 Å². The Morgan fingerprint density at radius 1 is 1.29 bits per heavy atom. The van der Waals surface area contributed by atoms with E-state index in [4.69, 9.17) is 23.4 Å². The molecule has 0 atom stereocenters. The Morgan fingerprint density at radius 3 is 2.71 bits per heavy atom. The van der Waals surface area contributed by atoms with Crippen LogP contribution in [-0.2, 0) is 9.59 Å². The third kappa shape index (κ3) is 3.96. The summed E-state index contributed by atoms with van der Waals surface area (Å²) in [4.78, 5) is 26.1. The molecular weight excluding hydrogens is 447 g/mol. The minimum Gasteiger partial charge on any atom is -0.480 e. The summed E-state index contributed by atoms with van der Waals surface area (Å²) in [6.45, 7) is 0.106. The molecule has 2 amide bonds. The van der Waals surface area contributed by atoms with Crippen molar-refractivity contribution < 1.29 is 18.7 Å². The first-order chi connectivity index (χ1) is 13.4. The Labute approximate surface area is 174 Å². The molecule has 5 nitrogen and oxygen atoms in total. The van der Waals surface area contributed by atoms with Crippen LogP contribution >= 0.6 is 28.1 Å². The van der Waals surface area contributed by atoms with Crippen LogP contribution in [0.4, 0.5) is 10.1 Å². The fraction of sp³-hybridized carbons (Fsp3) is 0.0500. The Bertz CT molecular complexity index is 1060. The quantitative estimate of drug-likeness (QED) is 0.330. The van der Waals surface area contributed by atoms with Gasteiger partial charge >= 0.3 is 0 Å². The highest BCUT2D eigenvalue weighted by atomic mass is 79.9. The number of para-hydroxylation sites is 1. The van der Waals surface area contributed by atoms with Crippen molar-refractivity contribution in [2.24, 2.45) is 0 Å². The average Bonchev–Trinajstić information content (AvgIpc) is 2.66. The van der Waals surface area contributed by atoms with Gasteiger partial charge in [-0.05, 0) is 64.1 Å². The van der Waals surface area contributed by atoms with Gasteiger partial charge < -0.3 is 4.74 Å². The van der Waals surface area contributed by atoms with Crippen LogP contribution in [0.2, 0.25) is 0 Å². The first kappa shape index (κ1) is 19.7. The van der Waals surface area contributed by atoms with Crippen molar-refractivity contribution in [1.82, 2.24) is 5.32 Å². The molecular formula is C20H12BrFN2O3S. The lowest BCUT2D eigenvalue weighted by molar-refractivity contribution is -0.122. The number of rotatable bonds is 4. The summed E-state index contributed by atoms with van der Waals surface area (Å²) in [6, 6.07) is 10.6. The fourth-order valence-corrected chi connectivity index (χ4v) is 3.30. The van der Waals surface area contributed by atoms with E-state index in [2.05, 4.69) is 27.2 Å². The molecule has 1 saturated heterocycles. The molecule has 1 N–H and O–H groups in total. The summed E-state index contributed by atoms with van der Waals surface area (Å²) < 4.78 is 20.1. The molecule has 8 heteroatoms. The van der Waals surface area contributed by atoms with Gasteiger partial charge in [0.25, 0.3) is 11.8 Å². The minimum absolute atomic E-state index is 0.0392. The van der Waals surface area contributed by atoms with E-state index in [-0.39, 0.29) is 23.0 Å². The highest BCUT2D eigenvalue weighted by Gasteiger charge is 2.35. The van der Waals surface area contributed by atoms with Gasteiger partial charge in [0, 0.05) is 0 Å². The SMILES string of the molecule is C#CCOc1ccc(/C=C2\C(=O)NC(=S)N(c3ccccc3F)C2=O)cc1Br. The number of benzene rings is 2. The number of nitrogens with zero attached hydrogens (tertiary/aromatic N) is 1. The zero-order valence-electron chi connectivity index (χ0n) is 14.2. The number of nitrogens with one attached hydrogen (secondary N) is 1. The number of anilines is 1. The molecule has 0 radical (unpaired) electrons. The van der Waals surface area contributed by atoms with Gasteiger partial charge in [0.1, 0.15) is 23.7 Å². The predicted octanol–water partition coefficient (Wildman–Crippen LogP) is 3.43. The number of terminal acetylenes is 1. The second kappa shape index (κ2) is 8.33. The van der Waals surface area contributed by atoms with Gasteiger partial charge in [0.2, 0.25) is 0 Å². The molecule has 2 aromatic rings. The normalized spacial score (nSPS) is 15.4. The van der Waals surface area contributed by atoms with E-state index in [0.29, 0.717) is 15.8 Å². The second-order valence-corrected chi connectivity index (χ2v) is 6.83. The van der Waals surface area contributed by atoms with Gasteiger partial charge in [-0.1, -0.05) is 24.1 Å². The number of amides is 2. The molecule has 0 bridgehead atoms. The van der Waals surface area contributed by atoms with Crippen molar-refractivity contribution in [3.8, 4) is 18.1 Å². The summed E-state index contributed by atoms with van der Waals surface area (Å²) in [6.07, 6.45) is 6.56. The van der Waals surface area contributed by atoms with Crippen molar-refractivity contribution in [2.75, 3.05) is 11.5 Å². The zero-order valence-corrected chi connectivity index (χ0v) is 16.6. The zero-order chi connectivity index (χ0) is 20.3. The highest BCUT2D eigenvalue weighted by molar-refractivity contribution is 9.10. The lowest BCUT2D eigenvalue weighted by Gasteiger charge is -2.29. The summed E-state index contributed by atoms with van der Waals surface area (Å²) in [5, 5.41) is 2.23. The van der Waals surface area contributed by atoms with Crippen molar-refractivity contribution in [1.29, 1.82) is 0 Å². The molecule has 2 aromatic carbocycles. The third-order valence-electron chi connectivity index (χ3n) is 3.77. The van der Waals surface area contributed by atoms with Crippen LogP contribution in [0.5, 0.6) is 5.75 Å². The van der Waals surface area contributed by atoms with E-state index in [1.54, 1.807) is 24.3 Å². The third-order valence-corrected chi connectivity index (χ3v) is 4.68. The standard InChI is InChI=1S/C20H12BrFN2O3S/c1-2-9-27-17-8-7-12(11-14(17)21)10-13-18(25)23-20(28)24(19(13)26)16-6-4-3-5-15(16)22/h1,3-8,10-11H,9H2,(H,23,25,28)/b13-10+. The predicted molar refractivity (Wildman–Crippen MR) is 111 cm³/mol. The number of carbonyl (C=O) groups is 2. The molecule has 0 aromatic heterocycles. The van der Waals surface area contributed by atoms with Gasteiger partial charge in [0.05, 0.1) is 10.2 Å². The van der Waals surface area contributed by atoms with Crippen molar-refractivity contribution in [3.05, 3.63) is 63.9 Å². The van der Waals surface area contributed by atoms with Crippen LogP contribution in [0.1, 0.15) is 5.56 Å². The average molecular weight is 459 g/mol. The van der Waals surface area contributed by atoms with Crippen LogP contribution in [0, 0.1) is 18.2 Å². The van der Waals surface area contributed by atoms with Crippen LogP contribution in [0.15, 0.2) is 52.5 Å². The lowest BCUT2D eigenvalue weighted by atomic mass is 10.1. The van der Waals surface area contributed by atoms with E-state index in [0.717, 1.165) is 4.90 Å². The number of thiocarbonyl (C=S) groups is 1.